The van der Waals surface area contributed by atoms with E-state index in [1.165, 1.54) is 18.4 Å². The van der Waals surface area contributed by atoms with Gasteiger partial charge in [-0.3, -0.25) is 9.20 Å². The van der Waals surface area contributed by atoms with E-state index in [1.54, 1.807) is 11.3 Å². The second kappa shape index (κ2) is 6.40. The number of carbonyl (C=O) groups excluding carboxylic acids is 1. The molecule has 0 spiro atoms. The predicted octanol–water partition coefficient (Wildman–Crippen LogP) is 3.94. The van der Waals surface area contributed by atoms with Crippen LogP contribution in [0.15, 0.2) is 48.1 Å². The minimum atomic E-state index is 0.100. The minimum absolute atomic E-state index is 0.100. The molecule has 1 saturated carbocycles. The Morgan fingerprint density at radius 2 is 2.17 bits per heavy atom. The fourth-order valence-corrected chi connectivity index (χ4v) is 3.80. The molecule has 1 aliphatic rings. The van der Waals surface area contributed by atoms with Crippen LogP contribution in [-0.4, -0.2) is 26.7 Å². The molecule has 124 valence electrons. The second-order valence-electron chi connectivity index (χ2n) is 6.58. The number of benzene rings is 1. The molecule has 4 nitrogen and oxygen atoms in total. The van der Waals surface area contributed by atoms with Crippen molar-refractivity contribution in [1.29, 1.82) is 0 Å². The zero-order valence-corrected chi connectivity index (χ0v) is 14.6. The van der Waals surface area contributed by atoms with E-state index < -0.39 is 0 Å². The highest BCUT2D eigenvalue weighted by Gasteiger charge is 2.30. The van der Waals surface area contributed by atoms with Crippen molar-refractivity contribution in [3.63, 3.8) is 0 Å². The predicted molar refractivity (Wildman–Crippen MR) is 96.1 cm³/mol. The highest BCUT2D eigenvalue weighted by molar-refractivity contribution is 7.15. The molecule has 24 heavy (non-hydrogen) atoms. The summed E-state index contributed by atoms with van der Waals surface area (Å²) in [5.41, 5.74) is 2.05. The van der Waals surface area contributed by atoms with Gasteiger partial charge in [0.2, 0.25) is 5.91 Å². The first kappa shape index (κ1) is 15.4. The molecular weight excluding hydrogens is 318 g/mol. The molecule has 4 rings (SSSR count). The van der Waals surface area contributed by atoms with Gasteiger partial charge in [0.25, 0.3) is 0 Å². The topological polar surface area (TPSA) is 37.6 Å². The van der Waals surface area contributed by atoms with E-state index >= 15 is 0 Å². The molecule has 1 aromatic carbocycles. The lowest BCUT2D eigenvalue weighted by molar-refractivity contribution is -0.133. The Morgan fingerprint density at radius 3 is 2.88 bits per heavy atom. The Hall–Kier alpha value is -2.14. The first-order valence-corrected chi connectivity index (χ1v) is 9.34. The number of hydrogen-bond donors (Lipinski definition) is 0. The molecule has 1 fully saturated rings. The molecule has 0 bridgehead atoms. The van der Waals surface area contributed by atoms with Gasteiger partial charge in [0.05, 0.1) is 18.2 Å². The highest BCUT2D eigenvalue weighted by atomic mass is 32.1. The number of fused-ring (bicyclic) bond motifs is 1. The van der Waals surface area contributed by atoms with Crippen LogP contribution in [0.5, 0.6) is 0 Å². The summed E-state index contributed by atoms with van der Waals surface area (Å²) in [6.45, 7) is 2.98. The minimum Gasteiger partial charge on any atom is -0.335 e. The zero-order chi connectivity index (χ0) is 16.5. The molecule has 5 heteroatoms. The summed E-state index contributed by atoms with van der Waals surface area (Å²) in [5, 5.41) is 2.00. The van der Waals surface area contributed by atoms with Crippen LogP contribution < -0.4 is 0 Å². The first-order valence-electron chi connectivity index (χ1n) is 8.46. The Labute approximate surface area is 145 Å². The van der Waals surface area contributed by atoms with Crippen LogP contribution in [0.3, 0.4) is 0 Å². The van der Waals surface area contributed by atoms with Crippen molar-refractivity contribution in [3.05, 3.63) is 59.4 Å². The SMILES string of the molecule is C[C@@H](c1ccccc1)N(CC1CC1)C(=O)Cc1cn2ccsc2n1. The summed E-state index contributed by atoms with van der Waals surface area (Å²) < 4.78 is 1.99. The lowest BCUT2D eigenvalue weighted by Crippen LogP contribution is -2.36. The first-order chi connectivity index (χ1) is 11.7. The Kier molecular flexibility index (Phi) is 4.10. The number of aromatic nitrogens is 2. The van der Waals surface area contributed by atoms with Crippen LogP contribution in [-0.2, 0) is 11.2 Å². The van der Waals surface area contributed by atoms with Gasteiger partial charge in [-0.1, -0.05) is 30.3 Å². The van der Waals surface area contributed by atoms with Gasteiger partial charge < -0.3 is 4.90 Å². The number of hydrogen-bond acceptors (Lipinski definition) is 3. The van der Waals surface area contributed by atoms with Crippen molar-refractivity contribution in [1.82, 2.24) is 14.3 Å². The average molecular weight is 339 g/mol. The number of nitrogens with zero attached hydrogens (tertiary/aromatic N) is 3. The number of imidazole rings is 1. The summed E-state index contributed by atoms with van der Waals surface area (Å²) in [6, 6.07) is 10.4. The average Bonchev–Trinajstić information content (AvgIpc) is 3.19. The van der Waals surface area contributed by atoms with Gasteiger partial charge in [0.15, 0.2) is 4.96 Å². The van der Waals surface area contributed by atoms with Crippen molar-refractivity contribution in [3.8, 4) is 0 Å². The van der Waals surface area contributed by atoms with Gasteiger partial charge in [-0.25, -0.2) is 4.98 Å². The third-order valence-corrected chi connectivity index (χ3v) is 5.47. The van der Waals surface area contributed by atoms with Crippen LogP contribution in [0.2, 0.25) is 0 Å². The quantitative estimate of drug-likeness (QED) is 0.682. The lowest BCUT2D eigenvalue weighted by Gasteiger charge is -2.29. The van der Waals surface area contributed by atoms with Crippen LogP contribution in [0.25, 0.3) is 4.96 Å². The smallest absolute Gasteiger partial charge is 0.229 e. The molecule has 0 unspecified atom stereocenters. The van der Waals surface area contributed by atoms with Crippen molar-refractivity contribution in [2.45, 2.75) is 32.2 Å². The maximum Gasteiger partial charge on any atom is 0.229 e. The van der Waals surface area contributed by atoms with Crippen molar-refractivity contribution < 1.29 is 4.79 Å². The van der Waals surface area contributed by atoms with Gasteiger partial charge in [-0.05, 0) is 31.2 Å². The molecule has 0 aliphatic heterocycles. The summed E-state index contributed by atoms with van der Waals surface area (Å²) >= 11 is 1.59. The third-order valence-electron chi connectivity index (χ3n) is 4.70. The third kappa shape index (κ3) is 3.22. The largest absolute Gasteiger partial charge is 0.335 e. The second-order valence-corrected chi connectivity index (χ2v) is 7.45. The normalized spacial score (nSPS) is 15.5. The van der Waals surface area contributed by atoms with Crippen molar-refractivity contribution >= 4 is 22.2 Å². The van der Waals surface area contributed by atoms with Gasteiger partial charge >= 0.3 is 0 Å². The number of carbonyl (C=O) groups is 1. The van der Waals surface area contributed by atoms with E-state index in [9.17, 15) is 4.79 Å². The highest BCUT2D eigenvalue weighted by Crippen LogP contribution is 2.33. The lowest BCUT2D eigenvalue weighted by atomic mass is 10.1. The number of rotatable bonds is 6. The summed E-state index contributed by atoms with van der Waals surface area (Å²) in [6.07, 6.45) is 6.80. The standard InChI is InChI=1S/C19H21N3OS/c1-14(16-5-3-2-4-6-16)22(12-15-7-8-15)18(23)11-17-13-21-9-10-24-19(21)20-17/h2-6,9-10,13-15H,7-8,11-12H2,1H3/t14-/m0/s1. The van der Waals surface area contributed by atoms with Crippen LogP contribution in [0.1, 0.15) is 37.1 Å². The van der Waals surface area contributed by atoms with Crippen LogP contribution >= 0.6 is 11.3 Å². The molecule has 1 atom stereocenters. The zero-order valence-electron chi connectivity index (χ0n) is 13.8. The monoisotopic (exact) mass is 339 g/mol. The molecule has 0 saturated heterocycles. The Morgan fingerprint density at radius 1 is 1.38 bits per heavy atom. The number of thiazole rings is 1. The van der Waals surface area contributed by atoms with Gasteiger partial charge in [-0.15, -0.1) is 11.3 Å². The summed E-state index contributed by atoms with van der Waals surface area (Å²) in [4.78, 5) is 20.5. The van der Waals surface area contributed by atoms with E-state index in [-0.39, 0.29) is 11.9 Å². The molecular formula is C19H21N3OS. The Balaban J connectivity index is 1.53. The van der Waals surface area contributed by atoms with Gasteiger partial charge in [-0.2, -0.15) is 0 Å². The number of amides is 1. The van der Waals surface area contributed by atoms with E-state index in [2.05, 4.69) is 24.0 Å². The van der Waals surface area contributed by atoms with E-state index in [0.29, 0.717) is 12.3 Å². The fourth-order valence-electron chi connectivity index (χ4n) is 3.08. The van der Waals surface area contributed by atoms with Gasteiger partial charge in [0.1, 0.15) is 0 Å². The summed E-state index contributed by atoms with van der Waals surface area (Å²) in [7, 11) is 0. The molecule has 0 radical (unpaired) electrons. The van der Waals surface area contributed by atoms with Crippen molar-refractivity contribution in [2.24, 2.45) is 5.92 Å². The van der Waals surface area contributed by atoms with Crippen LogP contribution in [0.4, 0.5) is 0 Å². The maximum atomic E-state index is 13.0. The molecule has 2 aromatic heterocycles. The molecule has 0 N–H and O–H groups in total. The van der Waals surface area contributed by atoms with Gasteiger partial charge in [0, 0.05) is 24.3 Å². The van der Waals surface area contributed by atoms with E-state index in [1.807, 2.05) is 45.3 Å². The van der Waals surface area contributed by atoms with E-state index in [0.717, 1.165) is 17.2 Å². The van der Waals surface area contributed by atoms with Crippen LogP contribution in [0, 0.1) is 5.92 Å². The van der Waals surface area contributed by atoms with Crippen molar-refractivity contribution in [2.75, 3.05) is 6.54 Å². The molecule has 2 heterocycles. The van der Waals surface area contributed by atoms with E-state index in [4.69, 9.17) is 0 Å². The Bertz CT molecular complexity index is 806. The molecule has 3 aromatic rings. The molecule has 1 aliphatic carbocycles. The maximum absolute atomic E-state index is 13.0. The molecule has 1 amide bonds. The fraction of sp³-hybridized carbons (Fsp3) is 0.368. The summed E-state index contributed by atoms with van der Waals surface area (Å²) in [5.74, 6) is 0.842.